The third-order valence-electron chi connectivity index (χ3n) is 4.52. The Labute approximate surface area is 141 Å². The molecule has 0 aliphatic carbocycles. The molecule has 2 aromatic carbocycles. The summed E-state index contributed by atoms with van der Waals surface area (Å²) in [5.41, 5.74) is 4.27. The van der Waals surface area contributed by atoms with Gasteiger partial charge in [0.25, 0.3) is 0 Å². The topological polar surface area (TPSA) is 4.93 Å². The molecule has 1 heterocycles. The maximum atomic E-state index is 3.71. The van der Waals surface area contributed by atoms with Gasteiger partial charge in [0.2, 0.25) is 0 Å². The first-order valence-electron chi connectivity index (χ1n) is 8.45. The fourth-order valence-electron chi connectivity index (χ4n) is 3.50. The average Bonchev–Trinajstić information content (AvgIpc) is 2.85. The van der Waals surface area contributed by atoms with Gasteiger partial charge >= 0.3 is 0 Å². The quantitative estimate of drug-likeness (QED) is 0.432. The van der Waals surface area contributed by atoms with Crippen LogP contribution in [-0.4, -0.2) is 4.57 Å². The van der Waals surface area contributed by atoms with Crippen LogP contribution in [0.2, 0.25) is 0 Å². The van der Waals surface area contributed by atoms with Crippen molar-refractivity contribution in [1.82, 2.24) is 4.57 Å². The second-order valence-electron chi connectivity index (χ2n) is 6.03. The van der Waals surface area contributed by atoms with E-state index < -0.39 is 0 Å². The van der Waals surface area contributed by atoms with E-state index in [2.05, 4.69) is 70.7 Å². The average molecular weight is 358 g/mol. The fourth-order valence-corrected chi connectivity index (χ4v) is 4.00. The van der Waals surface area contributed by atoms with E-state index in [1.165, 1.54) is 63.9 Å². The van der Waals surface area contributed by atoms with Crippen LogP contribution in [0.3, 0.4) is 0 Å². The van der Waals surface area contributed by atoms with E-state index in [1.807, 2.05) is 0 Å². The van der Waals surface area contributed by atoms with Crippen LogP contribution in [0.25, 0.3) is 21.8 Å². The molecule has 0 atom stereocenters. The van der Waals surface area contributed by atoms with Crippen molar-refractivity contribution in [2.45, 2.75) is 52.5 Å². The highest BCUT2D eigenvalue weighted by Gasteiger charge is 2.13. The Morgan fingerprint density at radius 1 is 0.955 bits per heavy atom. The minimum absolute atomic E-state index is 1.02. The second kappa shape index (κ2) is 6.87. The number of halogens is 1. The molecule has 3 rings (SSSR count). The summed E-state index contributed by atoms with van der Waals surface area (Å²) in [4.78, 5) is 0. The number of para-hydroxylation sites is 1. The van der Waals surface area contributed by atoms with Gasteiger partial charge in [-0.3, -0.25) is 0 Å². The highest BCUT2D eigenvalue weighted by molar-refractivity contribution is 9.10. The Morgan fingerprint density at radius 3 is 2.55 bits per heavy atom. The van der Waals surface area contributed by atoms with Crippen LogP contribution in [0.15, 0.2) is 40.9 Å². The van der Waals surface area contributed by atoms with Crippen LogP contribution in [0, 0.1) is 0 Å². The smallest absolute Gasteiger partial charge is 0.0524 e. The van der Waals surface area contributed by atoms with E-state index >= 15 is 0 Å². The summed E-state index contributed by atoms with van der Waals surface area (Å²) in [6.45, 7) is 5.54. The van der Waals surface area contributed by atoms with Gasteiger partial charge in [-0.25, -0.2) is 0 Å². The maximum absolute atomic E-state index is 3.71. The zero-order valence-electron chi connectivity index (χ0n) is 13.5. The third kappa shape index (κ3) is 2.81. The normalized spacial score (nSPS) is 11.6. The van der Waals surface area contributed by atoms with Crippen molar-refractivity contribution in [3.63, 3.8) is 0 Å². The van der Waals surface area contributed by atoms with Gasteiger partial charge in [0, 0.05) is 27.3 Å². The highest BCUT2D eigenvalue weighted by Crippen LogP contribution is 2.34. The zero-order valence-corrected chi connectivity index (χ0v) is 15.1. The summed E-state index contributed by atoms with van der Waals surface area (Å²) in [5.74, 6) is 0. The SMILES string of the molecule is CCCCCCc1cc(Br)cc2c3ccccc3n(CC)c12. The van der Waals surface area contributed by atoms with Crippen LogP contribution in [0.5, 0.6) is 0 Å². The minimum atomic E-state index is 1.02. The van der Waals surface area contributed by atoms with Crippen molar-refractivity contribution in [2.75, 3.05) is 0 Å². The molecule has 0 amide bonds. The van der Waals surface area contributed by atoms with Gasteiger partial charge in [-0.1, -0.05) is 60.3 Å². The predicted octanol–water partition coefficient (Wildman–Crippen LogP) is 6.70. The Kier molecular flexibility index (Phi) is 4.87. The lowest BCUT2D eigenvalue weighted by Gasteiger charge is -2.10. The predicted molar refractivity (Wildman–Crippen MR) is 101 cm³/mol. The standard InChI is InChI=1S/C20H24BrN/c1-3-5-6-7-10-15-13-16(21)14-18-17-11-8-9-12-19(17)22(4-2)20(15)18/h8-9,11-14H,3-7,10H2,1-2H3. The second-order valence-corrected chi connectivity index (χ2v) is 6.95. The first kappa shape index (κ1) is 15.6. The van der Waals surface area contributed by atoms with E-state index in [0.717, 1.165) is 6.54 Å². The molecular formula is C20H24BrN. The number of hydrogen-bond donors (Lipinski definition) is 0. The van der Waals surface area contributed by atoms with Crippen molar-refractivity contribution in [2.24, 2.45) is 0 Å². The molecule has 0 radical (unpaired) electrons. The summed E-state index contributed by atoms with van der Waals surface area (Å²) >= 11 is 3.71. The fraction of sp³-hybridized carbons (Fsp3) is 0.400. The van der Waals surface area contributed by atoms with E-state index in [0.29, 0.717) is 0 Å². The van der Waals surface area contributed by atoms with E-state index in [-0.39, 0.29) is 0 Å². The molecule has 1 nitrogen and oxygen atoms in total. The molecule has 0 spiro atoms. The molecule has 116 valence electrons. The maximum Gasteiger partial charge on any atom is 0.0524 e. The number of nitrogens with zero attached hydrogens (tertiary/aromatic N) is 1. The number of benzene rings is 2. The van der Waals surface area contributed by atoms with Crippen LogP contribution < -0.4 is 0 Å². The Hall–Kier alpha value is -1.28. The van der Waals surface area contributed by atoms with Crippen molar-refractivity contribution >= 4 is 37.7 Å². The lowest BCUT2D eigenvalue weighted by Crippen LogP contribution is -1.97. The van der Waals surface area contributed by atoms with Crippen LogP contribution in [0.1, 0.15) is 45.1 Å². The number of aryl methyl sites for hydroxylation is 2. The number of unbranched alkanes of at least 4 members (excludes halogenated alkanes) is 3. The Balaban J connectivity index is 2.14. The summed E-state index contributed by atoms with van der Waals surface area (Å²) in [6, 6.07) is 13.4. The summed E-state index contributed by atoms with van der Waals surface area (Å²) in [6.07, 6.45) is 6.42. The first-order valence-corrected chi connectivity index (χ1v) is 9.25. The molecule has 0 unspecified atom stereocenters. The van der Waals surface area contributed by atoms with Gasteiger partial charge < -0.3 is 4.57 Å². The van der Waals surface area contributed by atoms with Crippen LogP contribution >= 0.6 is 15.9 Å². The Bertz CT molecular complexity index is 785. The van der Waals surface area contributed by atoms with Crippen molar-refractivity contribution < 1.29 is 0 Å². The Morgan fingerprint density at radius 2 is 1.77 bits per heavy atom. The van der Waals surface area contributed by atoms with Crippen molar-refractivity contribution in [3.8, 4) is 0 Å². The molecule has 0 N–H and O–H groups in total. The molecule has 0 bridgehead atoms. The van der Waals surface area contributed by atoms with Gasteiger partial charge in [-0.05, 0) is 43.5 Å². The van der Waals surface area contributed by atoms with Gasteiger partial charge in [0.1, 0.15) is 0 Å². The van der Waals surface area contributed by atoms with E-state index in [1.54, 1.807) is 0 Å². The third-order valence-corrected chi connectivity index (χ3v) is 4.98. The molecule has 3 aromatic rings. The molecule has 2 heteroatoms. The molecule has 0 saturated heterocycles. The van der Waals surface area contributed by atoms with Crippen molar-refractivity contribution in [1.29, 1.82) is 0 Å². The van der Waals surface area contributed by atoms with Gasteiger partial charge in [0.15, 0.2) is 0 Å². The summed E-state index contributed by atoms with van der Waals surface area (Å²) in [5, 5.41) is 2.76. The lowest BCUT2D eigenvalue weighted by atomic mass is 10.0. The zero-order chi connectivity index (χ0) is 15.5. The number of fused-ring (bicyclic) bond motifs is 3. The molecule has 0 aliphatic heterocycles. The highest BCUT2D eigenvalue weighted by atomic mass is 79.9. The number of rotatable bonds is 6. The molecule has 1 aromatic heterocycles. The van der Waals surface area contributed by atoms with Crippen molar-refractivity contribution in [3.05, 3.63) is 46.4 Å². The molecule has 22 heavy (non-hydrogen) atoms. The van der Waals surface area contributed by atoms with Crippen LogP contribution in [0.4, 0.5) is 0 Å². The number of hydrogen-bond acceptors (Lipinski definition) is 0. The first-order chi connectivity index (χ1) is 10.8. The molecule has 0 fully saturated rings. The van der Waals surface area contributed by atoms with E-state index in [9.17, 15) is 0 Å². The molecule has 0 saturated carbocycles. The monoisotopic (exact) mass is 357 g/mol. The van der Waals surface area contributed by atoms with E-state index in [4.69, 9.17) is 0 Å². The van der Waals surface area contributed by atoms with Gasteiger partial charge in [0.05, 0.1) is 5.52 Å². The van der Waals surface area contributed by atoms with Gasteiger partial charge in [-0.15, -0.1) is 0 Å². The lowest BCUT2D eigenvalue weighted by molar-refractivity contribution is 0.666. The largest absolute Gasteiger partial charge is 0.341 e. The number of aromatic nitrogens is 1. The minimum Gasteiger partial charge on any atom is -0.341 e. The molecule has 0 aliphatic rings. The summed E-state index contributed by atoms with van der Waals surface area (Å²) < 4.78 is 3.68. The van der Waals surface area contributed by atoms with Gasteiger partial charge in [-0.2, -0.15) is 0 Å². The van der Waals surface area contributed by atoms with Crippen LogP contribution in [-0.2, 0) is 13.0 Å². The summed E-state index contributed by atoms with van der Waals surface area (Å²) in [7, 11) is 0. The molecular weight excluding hydrogens is 334 g/mol.